The van der Waals surface area contributed by atoms with Crippen LogP contribution in [-0.2, 0) is 9.53 Å². The fourth-order valence-electron chi connectivity index (χ4n) is 4.51. The smallest absolute Gasteiger partial charge is 0.312 e. The summed E-state index contributed by atoms with van der Waals surface area (Å²) in [5, 5.41) is 17.7. The highest BCUT2D eigenvalue weighted by Gasteiger charge is 2.35. The number of halogens is 2. The van der Waals surface area contributed by atoms with Crippen LogP contribution in [0.5, 0.6) is 28.9 Å². The van der Waals surface area contributed by atoms with Crippen LogP contribution in [0.1, 0.15) is 24.2 Å². The van der Waals surface area contributed by atoms with Crippen LogP contribution in [0.15, 0.2) is 47.6 Å². The number of amidine groups is 1. The number of hydrogen-bond donors (Lipinski definition) is 3. The minimum absolute atomic E-state index is 0.156. The van der Waals surface area contributed by atoms with Crippen molar-refractivity contribution in [1.82, 2.24) is 9.88 Å². The number of benzene rings is 2. The maximum Gasteiger partial charge on any atom is 0.312 e. The SMILES string of the molecule is CCOC(=O)C1CN(c2ccc(Oc3c(F)cnc(Oc4cc(C(=N)N)ccc4O)c3F)c(C3N=CCN3C)c2)C1. The molecule has 214 valence electrons. The Morgan fingerprint density at radius 2 is 1.95 bits per heavy atom. The molecule has 11 nitrogen and oxygen atoms in total. The van der Waals surface area contributed by atoms with Gasteiger partial charge in [0.1, 0.15) is 17.8 Å². The van der Waals surface area contributed by atoms with Gasteiger partial charge in [-0.05, 0) is 50.4 Å². The predicted molar refractivity (Wildman–Crippen MR) is 146 cm³/mol. The molecular weight excluding hydrogens is 538 g/mol. The second-order valence-electron chi connectivity index (χ2n) is 9.58. The fourth-order valence-corrected chi connectivity index (χ4v) is 4.51. The van der Waals surface area contributed by atoms with E-state index in [0.717, 1.165) is 11.9 Å². The number of carbonyl (C=O) groups excluding carboxylic acids is 1. The van der Waals surface area contributed by atoms with Gasteiger partial charge in [0, 0.05) is 42.7 Å². The van der Waals surface area contributed by atoms with Crippen LogP contribution in [0.2, 0.25) is 0 Å². The van der Waals surface area contributed by atoms with E-state index >= 15 is 4.39 Å². The Kier molecular flexibility index (Phi) is 7.70. The third-order valence-electron chi connectivity index (χ3n) is 6.76. The van der Waals surface area contributed by atoms with Crippen molar-refractivity contribution in [2.75, 3.05) is 38.2 Å². The van der Waals surface area contributed by atoms with Crippen LogP contribution < -0.4 is 20.1 Å². The summed E-state index contributed by atoms with van der Waals surface area (Å²) >= 11 is 0. The first-order valence-electron chi connectivity index (χ1n) is 12.8. The van der Waals surface area contributed by atoms with E-state index in [-0.39, 0.29) is 40.5 Å². The minimum Gasteiger partial charge on any atom is -0.504 e. The van der Waals surface area contributed by atoms with Crippen molar-refractivity contribution in [2.45, 2.75) is 13.1 Å². The summed E-state index contributed by atoms with van der Waals surface area (Å²) < 4.78 is 46.7. The Balaban J connectivity index is 1.44. The second kappa shape index (κ2) is 11.4. The Bertz CT molecular complexity index is 1530. The van der Waals surface area contributed by atoms with Crippen molar-refractivity contribution in [1.29, 1.82) is 5.41 Å². The van der Waals surface area contributed by atoms with Crippen LogP contribution in [0.4, 0.5) is 14.5 Å². The lowest BCUT2D eigenvalue weighted by atomic mass is 9.98. The fraction of sp³-hybridized carbons (Fsp3) is 0.286. The average Bonchev–Trinajstić information content (AvgIpc) is 3.34. The number of aromatic hydroxyl groups is 1. The van der Waals surface area contributed by atoms with Gasteiger partial charge >= 0.3 is 5.97 Å². The van der Waals surface area contributed by atoms with E-state index in [9.17, 15) is 14.3 Å². The molecular formula is C28H28F2N6O5. The van der Waals surface area contributed by atoms with E-state index in [1.54, 1.807) is 25.3 Å². The van der Waals surface area contributed by atoms with Crippen LogP contribution in [-0.4, -0.2) is 66.3 Å². The number of pyridine rings is 1. The van der Waals surface area contributed by atoms with Crippen LogP contribution in [0.25, 0.3) is 0 Å². The van der Waals surface area contributed by atoms with Crippen LogP contribution in [0, 0.1) is 23.0 Å². The van der Waals surface area contributed by atoms with Gasteiger partial charge in [0.25, 0.3) is 5.88 Å². The molecule has 4 N–H and O–H groups in total. The normalized spacial score (nSPS) is 16.9. The van der Waals surface area contributed by atoms with Gasteiger partial charge in [-0.2, -0.15) is 4.39 Å². The number of hydrogen-bond acceptors (Lipinski definition) is 10. The number of esters is 1. The van der Waals surface area contributed by atoms with Crippen molar-refractivity contribution >= 4 is 23.7 Å². The first-order chi connectivity index (χ1) is 19.7. The largest absolute Gasteiger partial charge is 0.504 e. The minimum atomic E-state index is -1.24. The Hall–Kier alpha value is -4.78. The molecule has 1 atom stereocenters. The van der Waals surface area contributed by atoms with Gasteiger partial charge in [-0.1, -0.05) is 0 Å². The molecule has 0 radical (unpaired) electrons. The number of nitrogens with one attached hydrogen (secondary N) is 1. The molecule has 1 saturated heterocycles. The first kappa shape index (κ1) is 27.8. The molecule has 1 fully saturated rings. The van der Waals surface area contributed by atoms with E-state index in [2.05, 4.69) is 9.98 Å². The number of carbonyl (C=O) groups is 1. The molecule has 5 rings (SSSR count). The van der Waals surface area contributed by atoms with Crippen molar-refractivity contribution in [2.24, 2.45) is 16.6 Å². The molecule has 1 aromatic heterocycles. The molecule has 0 amide bonds. The van der Waals surface area contributed by atoms with Gasteiger partial charge in [-0.15, -0.1) is 0 Å². The zero-order valence-electron chi connectivity index (χ0n) is 22.3. The van der Waals surface area contributed by atoms with Gasteiger partial charge in [0.2, 0.25) is 11.6 Å². The first-order valence-corrected chi connectivity index (χ1v) is 12.8. The number of nitrogen functional groups attached to an aromatic ring is 1. The van der Waals surface area contributed by atoms with E-state index in [4.69, 9.17) is 25.4 Å². The number of rotatable bonds is 9. The second-order valence-corrected chi connectivity index (χ2v) is 9.58. The molecule has 3 aromatic rings. The topological polar surface area (TPSA) is 147 Å². The van der Waals surface area contributed by atoms with Crippen molar-refractivity contribution in [3.63, 3.8) is 0 Å². The lowest BCUT2D eigenvalue weighted by Gasteiger charge is -2.39. The molecule has 1 unspecified atom stereocenters. The molecule has 2 aliphatic heterocycles. The number of nitrogens with two attached hydrogens (primary N) is 1. The summed E-state index contributed by atoms with van der Waals surface area (Å²) in [5.74, 6) is -4.93. The lowest BCUT2D eigenvalue weighted by molar-refractivity contribution is -0.148. The third-order valence-corrected chi connectivity index (χ3v) is 6.76. The quantitative estimate of drug-likeness (QED) is 0.199. The highest BCUT2D eigenvalue weighted by Crippen LogP contribution is 2.41. The van der Waals surface area contributed by atoms with Crippen molar-refractivity contribution < 1.29 is 32.9 Å². The lowest BCUT2D eigenvalue weighted by Crippen LogP contribution is -2.51. The summed E-state index contributed by atoms with van der Waals surface area (Å²) in [7, 11) is 1.86. The van der Waals surface area contributed by atoms with Gasteiger partial charge in [0.05, 0.1) is 18.7 Å². The number of nitrogens with zero attached hydrogens (tertiary/aromatic N) is 4. The summed E-state index contributed by atoms with van der Waals surface area (Å²) in [6, 6.07) is 8.99. The van der Waals surface area contributed by atoms with Crippen LogP contribution in [0.3, 0.4) is 0 Å². The molecule has 13 heteroatoms. The Morgan fingerprint density at radius 1 is 1.17 bits per heavy atom. The maximum atomic E-state index is 15.5. The Labute approximate surface area is 234 Å². The molecule has 3 heterocycles. The summed E-state index contributed by atoms with van der Waals surface area (Å²) in [4.78, 5) is 24.1. The number of ether oxygens (including phenoxy) is 3. The summed E-state index contributed by atoms with van der Waals surface area (Å²) in [6.45, 7) is 3.61. The van der Waals surface area contributed by atoms with Crippen molar-refractivity contribution in [3.05, 3.63) is 65.4 Å². The zero-order valence-corrected chi connectivity index (χ0v) is 22.3. The standard InChI is InChI=1S/C28H28F2N6O5/c1-3-39-28(38)16-13-36(14-16)17-5-7-21(18(11-17)26-33-8-9-35(26)2)40-24-19(29)12-34-27(23(24)30)41-22-10-15(25(31)32)4-6-20(22)37/h4-8,10-12,16,26,37H,3,9,13-14H2,1-2H3,(H3,31,32). The zero-order chi connectivity index (χ0) is 29.3. The number of aliphatic imine (C=N–C) groups is 1. The molecule has 41 heavy (non-hydrogen) atoms. The maximum absolute atomic E-state index is 15.5. The van der Waals surface area contributed by atoms with Gasteiger partial charge in [-0.25, -0.2) is 9.37 Å². The summed E-state index contributed by atoms with van der Waals surface area (Å²) in [6.07, 6.45) is 2.01. The molecule has 0 spiro atoms. The van der Waals surface area contributed by atoms with Gasteiger partial charge in [-0.3, -0.25) is 20.1 Å². The monoisotopic (exact) mass is 566 g/mol. The van der Waals surface area contributed by atoms with E-state index in [1.165, 1.54) is 18.2 Å². The number of phenols is 1. The van der Waals surface area contributed by atoms with Crippen LogP contribution >= 0.6 is 0 Å². The number of anilines is 1. The van der Waals surface area contributed by atoms with Gasteiger partial charge < -0.3 is 30.0 Å². The molecule has 0 bridgehead atoms. The highest BCUT2D eigenvalue weighted by atomic mass is 19.1. The molecule has 0 aliphatic carbocycles. The average molecular weight is 567 g/mol. The molecule has 0 saturated carbocycles. The Morgan fingerprint density at radius 3 is 2.63 bits per heavy atom. The molecule has 2 aromatic carbocycles. The number of phenolic OH excluding ortho intramolecular Hbond substituents is 1. The highest BCUT2D eigenvalue weighted by molar-refractivity contribution is 5.95. The van der Waals surface area contributed by atoms with E-state index in [0.29, 0.717) is 31.8 Å². The van der Waals surface area contributed by atoms with E-state index < -0.39 is 29.4 Å². The van der Waals surface area contributed by atoms with Gasteiger partial charge in [0.15, 0.2) is 17.3 Å². The molecule has 2 aliphatic rings. The predicted octanol–water partition coefficient (Wildman–Crippen LogP) is 3.95. The van der Waals surface area contributed by atoms with Crippen molar-refractivity contribution in [3.8, 4) is 28.9 Å². The third kappa shape index (κ3) is 5.61. The summed E-state index contributed by atoms with van der Waals surface area (Å²) in [5.41, 5.74) is 7.06. The van der Waals surface area contributed by atoms with E-state index in [1.807, 2.05) is 22.9 Å². The number of aromatic nitrogens is 1.